The summed E-state index contributed by atoms with van der Waals surface area (Å²) in [5.74, 6) is 1.73. The monoisotopic (exact) mass is 231 g/mol. The number of benzene rings is 1. The second-order valence-corrected chi connectivity index (χ2v) is 6.14. The summed E-state index contributed by atoms with van der Waals surface area (Å²) in [6.45, 7) is 9.10. The van der Waals surface area contributed by atoms with Crippen LogP contribution in [0.5, 0.6) is 0 Å². The number of hydrogen-bond acceptors (Lipinski definition) is 1. The molecule has 1 heteroatoms. The molecule has 3 atom stereocenters. The maximum atomic E-state index is 3.72. The molecule has 1 aliphatic carbocycles. The van der Waals surface area contributed by atoms with Crippen molar-refractivity contribution < 1.29 is 0 Å². The Labute approximate surface area is 106 Å². The van der Waals surface area contributed by atoms with Gasteiger partial charge in [0.25, 0.3) is 0 Å². The molecule has 1 saturated carbocycles. The summed E-state index contributed by atoms with van der Waals surface area (Å²) < 4.78 is 0. The summed E-state index contributed by atoms with van der Waals surface area (Å²) in [6, 6.07) is 7.42. The number of hydrogen-bond donors (Lipinski definition) is 1. The van der Waals surface area contributed by atoms with Gasteiger partial charge < -0.3 is 5.32 Å². The Morgan fingerprint density at radius 1 is 0.882 bits per heavy atom. The van der Waals surface area contributed by atoms with Crippen molar-refractivity contribution in [2.24, 2.45) is 11.8 Å². The van der Waals surface area contributed by atoms with E-state index in [1.807, 2.05) is 0 Å². The van der Waals surface area contributed by atoms with Gasteiger partial charge in [-0.15, -0.1) is 0 Å². The summed E-state index contributed by atoms with van der Waals surface area (Å²) >= 11 is 0. The van der Waals surface area contributed by atoms with Crippen LogP contribution in [0.1, 0.15) is 44.2 Å². The molecule has 0 spiro atoms. The van der Waals surface area contributed by atoms with Gasteiger partial charge >= 0.3 is 0 Å². The third-order valence-electron chi connectivity index (χ3n) is 3.77. The minimum absolute atomic E-state index is 0.662. The molecule has 0 bridgehead atoms. The first kappa shape index (κ1) is 12.5. The van der Waals surface area contributed by atoms with Crippen molar-refractivity contribution in [2.45, 2.75) is 53.0 Å². The Hall–Kier alpha value is -0.980. The molecule has 1 aliphatic rings. The Kier molecular flexibility index (Phi) is 3.76. The first-order valence-corrected chi connectivity index (χ1v) is 6.87. The van der Waals surface area contributed by atoms with Crippen LogP contribution in [0.25, 0.3) is 0 Å². The molecule has 1 fully saturated rings. The molecular formula is C16H25N. The van der Waals surface area contributed by atoms with Crippen molar-refractivity contribution in [2.75, 3.05) is 5.32 Å². The summed E-state index contributed by atoms with van der Waals surface area (Å²) in [6.07, 6.45) is 4.03. The standard InChI is InChI=1S/C16H25N/c1-11-5-12(2)8-15(7-11)17-16-9-13(3)6-14(4)10-16/h5,7-8,13-14,16-17H,6,9-10H2,1-4H3/t13-,14+,16?. The van der Waals surface area contributed by atoms with Crippen LogP contribution in [0.4, 0.5) is 5.69 Å². The highest BCUT2D eigenvalue weighted by Gasteiger charge is 2.23. The highest BCUT2D eigenvalue weighted by Crippen LogP contribution is 2.30. The van der Waals surface area contributed by atoms with E-state index in [2.05, 4.69) is 51.2 Å². The van der Waals surface area contributed by atoms with Crippen LogP contribution in [0.15, 0.2) is 18.2 Å². The molecule has 2 rings (SSSR count). The van der Waals surface area contributed by atoms with Crippen molar-refractivity contribution >= 4 is 5.69 Å². The molecule has 1 unspecified atom stereocenters. The Balaban J connectivity index is 2.04. The third-order valence-corrected chi connectivity index (χ3v) is 3.77. The van der Waals surface area contributed by atoms with Crippen molar-refractivity contribution in [3.05, 3.63) is 29.3 Å². The van der Waals surface area contributed by atoms with Crippen LogP contribution < -0.4 is 5.32 Å². The van der Waals surface area contributed by atoms with Gasteiger partial charge in [0.05, 0.1) is 0 Å². The van der Waals surface area contributed by atoms with Gasteiger partial charge in [-0.1, -0.05) is 19.9 Å². The zero-order valence-electron chi connectivity index (χ0n) is 11.6. The second kappa shape index (κ2) is 5.12. The number of aryl methyl sites for hydroxylation is 2. The summed E-state index contributed by atoms with van der Waals surface area (Å²) in [5, 5.41) is 3.72. The van der Waals surface area contributed by atoms with Crippen molar-refractivity contribution in [3.8, 4) is 0 Å². The number of nitrogens with one attached hydrogen (secondary N) is 1. The Morgan fingerprint density at radius 3 is 1.94 bits per heavy atom. The Bertz CT molecular complexity index is 353. The fourth-order valence-corrected chi connectivity index (χ4v) is 3.36. The van der Waals surface area contributed by atoms with E-state index in [9.17, 15) is 0 Å². The van der Waals surface area contributed by atoms with E-state index in [1.54, 1.807) is 0 Å². The average Bonchev–Trinajstić information content (AvgIpc) is 2.13. The minimum Gasteiger partial charge on any atom is -0.382 e. The third kappa shape index (κ3) is 3.49. The van der Waals surface area contributed by atoms with Crippen LogP contribution in [-0.2, 0) is 0 Å². The number of rotatable bonds is 2. The van der Waals surface area contributed by atoms with Crippen molar-refractivity contribution in [1.82, 2.24) is 0 Å². The second-order valence-electron chi connectivity index (χ2n) is 6.14. The zero-order valence-corrected chi connectivity index (χ0v) is 11.6. The fraction of sp³-hybridized carbons (Fsp3) is 0.625. The van der Waals surface area contributed by atoms with Crippen LogP contribution >= 0.6 is 0 Å². The maximum Gasteiger partial charge on any atom is 0.0347 e. The molecule has 0 radical (unpaired) electrons. The summed E-state index contributed by atoms with van der Waals surface area (Å²) in [4.78, 5) is 0. The molecule has 0 amide bonds. The van der Waals surface area contributed by atoms with Crippen LogP contribution in [-0.4, -0.2) is 6.04 Å². The molecule has 17 heavy (non-hydrogen) atoms. The predicted octanol–water partition coefficient (Wildman–Crippen LogP) is 4.54. The van der Waals surface area contributed by atoms with Gasteiger partial charge in [-0.25, -0.2) is 0 Å². The lowest BCUT2D eigenvalue weighted by Crippen LogP contribution is -2.30. The molecule has 1 aromatic carbocycles. The molecule has 94 valence electrons. The molecule has 1 N–H and O–H groups in total. The quantitative estimate of drug-likeness (QED) is 0.788. The Morgan fingerprint density at radius 2 is 1.41 bits per heavy atom. The zero-order chi connectivity index (χ0) is 12.4. The molecule has 1 nitrogen and oxygen atoms in total. The van der Waals surface area contributed by atoms with E-state index in [1.165, 1.54) is 36.1 Å². The first-order chi connectivity index (χ1) is 8.02. The minimum atomic E-state index is 0.662. The van der Waals surface area contributed by atoms with E-state index in [4.69, 9.17) is 0 Å². The normalized spacial score (nSPS) is 29.1. The topological polar surface area (TPSA) is 12.0 Å². The highest BCUT2D eigenvalue weighted by atomic mass is 14.9. The van der Waals surface area contributed by atoms with Gasteiger partial charge in [-0.05, 0) is 68.2 Å². The largest absolute Gasteiger partial charge is 0.382 e. The van der Waals surface area contributed by atoms with Gasteiger partial charge in [0.15, 0.2) is 0 Å². The van der Waals surface area contributed by atoms with Crippen LogP contribution in [0.2, 0.25) is 0 Å². The van der Waals surface area contributed by atoms with E-state index >= 15 is 0 Å². The summed E-state index contributed by atoms with van der Waals surface area (Å²) in [7, 11) is 0. The maximum absolute atomic E-state index is 3.72. The van der Waals surface area contributed by atoms with Gasteiger partial charge in [-0.3, -0.25) is 0 Å². The van der Waals surface area contributed by atoms with E-state index in [0.29, 0.717) is 6.04 Å². The van der Waals surface area contributed by atoms with Crippen LogP contribution in [0, 0.1) is 25.7 Å². The lowest BCUT2D eigenvalue weighted by atomic mass is 9.80. The molecule has 0 heterocycles. The smallest absolute Gasteiger partial charge is 0.0347 e. The van der Waals surface area contributed by atoms with E-state index < -0.39 is 0 Å². The molecule has 1 aromatic rings. The van der Waals surface area contributed by atoms with Crippen molar-refractivity contribution in [3.63, 3.8) is 0 Å². The SMILES string of the molecule is Cc1cc(C)cc(NC2C[C@@H](C)C[C@@H](C)C2)c1. The van der Waals surface area contributed by atoms with Gasteiger partial charge in [0, 0.05) is 11.7 Å². The first-order valence-electron chi connectivity index (χ1n) is 6.87. The summed E-state index contributed by atoms with van der Waals surface area (Å²) in [5.41, 5.74) is 4.00. The van der Waals surface area contributed by atoms with Gasteiger partial charge in [0.1, 0.15) is 0 Å². The van der Waals surface area contributed by atoms with Gasteiger partial charge in [-0.2, -0.15) is 0 Å². The molecule has 0 aliphatic heterocycles. The van der Waals surface area contributed by atoms with E-state index in [0.717, 1.165) is 11.8 Å². The highest BCUT2D eigenvalue weighted by molar-refractivity contribution is 5.49. The fourth-order valence-electron chi connectivity index (χ4n) is 3.36. The lowest BCUT2D eigenvalue weighted by Gasteiger charge is -2.32. The predicted molar refractivity (Wildman–Crippen MR) is 75.5 cm³/mol. The molecular weight excluding hydrogens is 206 g/mol. The van der Waals surface area contributed by atoms with Crippen LogP contribution in [0.3, 0.4) is 0 Å². The average molecular weight is 231 g/mol. The molecule has 0 saturated heterocycles. The molecule has 0 aromatic heterocycles. The van der Waals surface area contributed by atoms with E-state index in [-0.39, 0.29) is 0 Å². The number of anilines is 1. The van der Waals surface area contributed by atoms with Crippen molar-refractivity contribution in [1.29, 1.82) is 0 Å². The van der Waals surface area contributed by atoms with Gasteiger partial charge in [0.2, 0.25) is 0 Å². The lowest BCUT2D eigenvalue weighted by molar-refractivity contribution is 0.281.